The Morgan fingerprint density at radius 3 is 2.89 bits per heavy atom. The van der Waals surface area contributed by atoms with Gasteiger partial charge in [-0.15, -0.1) is 0 Å². The molecule has 0 amide bonds. The van der Waals surface area contributed by atoms with Crippen LogP contribution in [0.3, 0.4) is 0 Å². The molecule has 4 heteroatoms. The second-order valence-electron chi connectivity index (χ2n) is 5.10. The Morgan fingerprint density at radius 1 is 1.33 bits per heavy atom. The number of nitrogens with zero attached hydrogens (tertiary/aromatic N) is 4. The first-order chi connectivity index (χ1) is 8.69. The molecule has 0 aromatic carbocycles. The van der Waals surface area contributed by atoms with Crippen molar-refractivity contribution in [2.24, 2.45) is 0 Å². The largest absolute Gasteiger partial charge is 0.327 e. The van der Waals surface area contributed by atoms with Crippen molar-refractivity contribution in [2.75, 3.05) is 6.54 Å². The van der Waals surface area contributed by atoms with Crippen LogP contribution in [0.1, 0.15) is 25.1 Å². The SMILES string of the molecule is CC(C)N1CCn2c(cc3cc(C#N)cnc32)C1. The van der Waals surface area contributed by atoms with E-state index < -0.39 is 0 Å². The van der Waals surface area contributed by atoms with Crippen LogP contribution in [0.2, 0.25) is 0 Å². The van der Waals surface area contributed by atoms with Crippen LogP contribution in [-0.2, 0) is 13.1 Å². The van der Waals surface area contributed by atoms with Gasteiger partial charge >= 0.3 is 0 Å². The van der Waals surface area contributed by atoms with Gasteiger partial charge in [0, 0.05) is 43.0 Å². The van der Waals surface area contributed by atoms with Gasteiger partial charge in [-0.3, -0.25) is 4.90 Å². The number of pyridine rings is 1. The van der Waals surface area contributed by atoms with Gasteiger partial charge in [-0.05, 0) is 26.0 Å². The predicted molar refractivity (Wildman–Crippen MR) is 70.0 cm³/mol. The van der Waals surface area contributed by atoms with Crippen LogP contribution in [0.15, 0.2) is 18.3 Å². The lowest BCUT2D eigenvalue weighted by Crippen LogP contribution is -2.38. The third-order valence-electron chi connectivity index (χ3n) is 3.65. The zero-order valence-electron chi connectivity index (χ0n) is 10.7. The van der Waals surface area contributed by atoms with Crippen molar-refractivity contribution in [3.63, 3.8) is 0 Å². The van der Waals surface area contributed by atoms with Crippen molar-refractivity contribution in [1.29, 1.82) is 5.26 Å². The molecule has 2 aromatic heterocycles. The minimum atomic E-state index is 0.569. The zero-order chi connectivity index (χ0) is 12.7. The Labute approximate surface area is 106 Å². The first kappa shape index (κ1) is 11.2. The fourth-order valence-corrected chi connectivity index (χ4v) is 2.60. The van der Waals surface area contributed by atoms with E-state index >= 15 is 0 Å². The minimum absolute atomic E-state index is 0.569. The Morgan fingerprint density at radius 2 is 2.17 bits per heavy atom. The number of fused-ring (bicyclic) bond motifs is 3. The smallest absolute Gasteiger partial charge is 0.140 e. The molecule has 0 fully saturated rings. The monoisotopic (exact) mass is 240 g/mol. The first-order valence-corrected chi connectivity index (χ1v) is 6.31. The molecule has 0 spiro atoms. The molecule has 3 rings (SSSR count). The molecule has 1 aliphatic heterocycles. The van der Waals surface area contributed by atoms with Gasteiger partial charge < -0.3 is 4.57 Å². The lowest BCUT2D eigenvalue weighted by molar-refractivity contribution is 0.178. The fraction of sp³-hybridized carbons (Fsp3) is 0.429. The van der Waals surface area contributed by atoms with Gasteiger partial charge in [0.1, 0.15) is 11.7 Å². The lowest BCUT2D eigenvalue weighted by Gasteiger charge is -2.31. The third kappa shape index (κ3) is 1.68. The van der Waals surface area contributed by atoms with Crippen LogP contribution in [0.25, 0.3) is 11.0 Å². The molecule has 3 heterocycles. The standard InChI is InChI=1S/C14H16N4/c1-10(2)17-3-4-18-13(9-17)6-12-5-11(7-15)8-16-14(12)18/h5-6,8,10H,3-4,9H2,1-2H3. The highest BCUT2D eigenvalue weighted by Crippen LogP contribution is 2.24. The average Bonchev–Trinajstić information content (AvgIpc) is 2.74. The molecular formula is C14H16N4. The number of rotatable bonds is 1. The van der Waals surface area contributed by atoms with Gasteiger partial charge in [-0.1, -0.05) is 0 Å². The summed E-state index contributed by atoms with van der Waals surface area (Å²) in [5, 5.41) is 9.99. The molecule has 0 bridgehead atoms. The number of nitriles is 1. The Hall–Kier alpha value is -1.86. The topological polar surface area (TPSA) is 44.9 Å². The highest BCUT2D eigenvalue weighted by Gasteiger charge is 2.20. The maximum Gasteiger partial charge on any atom is 0.140 e. The molecule has 4 nitrogen and oxygen atoms in total. The second kappa shape index (κ2) is 4.11. The van der Waals surface area contributed by atoms with E-state index in [1.54, 1.807) is 6.20 Å². The van der Waals surface area contributed by atoms with Crippen LogP contribution >= 0.6 is 0 Å². The van der Waals surface area contributed by atoms with E-state index in [2.05, 4.69) is 40.4 Å². The lowest BCUT2D eigenvalue weighted by atomic mass is 10.2. The summed E-state index contributed by atoms with van der Waals surface area (Å²) in [5.41, 5.74) is 2.94. The summed E-state index contributed by atoms with van der Waals surface area (Å²) in [6, 6.07) is 6.80. The van der Waals surface area contributed by atoms with Crippen LogP contribution in [0.4, 0.5) is 0 Å². The predicted octanol–water partition coefficient (Wildman–Crippen LogP) is 2.13. The maximum atomic E-state index is 8.91. The van der Waals surface area contributed by atoms with E-state index in [0.717, 1.165) is 30.7 Å². The highest BCUT2D eigenvalue weighted by atomic mass is 15.2. The quantitative estimate of drug-likeness (QED) is 0.767. The Kier molecular flexibility index (Phi) is 2.57. The van der Waals surface area contributed by atoms with Gasteiger partial charge in [0.2, 0.25) is 0 Å². The average molecular weight is 240 g/mol. The van der Waals surface area contributed by atoms with E-state index in [9.17, 15) is 0 Å². The summed E-state index contributed by atoms with van der Waals surface area (Å²) in [6.07, 6.45) is 1.66. The van der Waals surface area contributed by atoms with Crippen molar-refractivity contribution in [1.82, 2.24) is 14.5 Å². The number of hydrogen-bond acceptors (Lipinski definition) is 3. The van der Waals surface area contributed by atoms with Gasteiger partial charge in [0.15, 0.2) is 0 Å². The summed E-state index contributed by atoms with van der Waals surface area (Å²) in [6.45, 7) is 7.47. The van der Waals surface area contributed by atoms with Crippen LogP contribution in [-0.4, -0.2) is 27.0 Å². The second-order valence-corrected chi connectivity index (χ2v) is 5.10. The van der Waals surface area contributed by atoms with Crippen molar-refractivity contribution in [3.8, 4) is 6.07 Å². The van der Waals surface area contributed by atoms with E-state index in [0.29, 0.717) is 11.6 Å². The molecule has 18 heavy (non-hydrogen) atoms. The van der Waals surface area contributed by atoms with Crippen LogP contribution in [0.5, 0.6) is 0 Å². The van der Waals surface area contributed by atoms with E-state index in [1.165, 1.54) is 5.69 Å². The molecule has 0 N–H and O–H groups in total. The first-order valence-electron chi connectivity index (χ1n) is 6.31. The normalized spacial score (nSPS) is 15.9. The molecule has 0 radical (unpaired) electrons. The van der Waals surface area contributed by atoms with Crippen LogP contribution < -0.4 is 0 Å². The van der Waals surface area contributed by atoms with E-state index in [4.69, 9.17) is 5.26 Å². The van der Waals surface area contributed by atoms with Gasteiger partial charge in [0.25, 0.3) is 0 Å². The van der Waals surface area contributed by atoms with Crippen molar-refractivity contribution >= 4 is 11.0 Å². The van der Waals surface area contributed by atoms with Gasteiger partial charge in [0.05, 0.1) is 5.56 Å². The molecule has 1 aliphatic rings. The molecule has 0 atom stereocenters. The van der Waals surface area contributed by atoms with Crippen molar-refractivity contribution in [2.45, 2.75) is 33.0 Å². The molecular weight excluding hydrogens is 224 g/mol. The van der Waals surface area contributed by atoms with Crippen molar-refractivity contribution in [3.05, 3.63) is 29.6 Å². The van der Waals surface area contributed by atoms with E-state index in [1.807, 2.05) is 6.07 Å². The molecule has 92 valence electrons. The minimum Gasteiger partial charge on any atom is -0.327 e. The molecule has 0 unspecified atom stereocenters. The summed E-state index contributed by atoms with van der Waals surface area (Å²) in [5.74, 6) is 0. The molecule has 2 aromatic rings. The zero-order valence-corrected chi connectivity index (χ0v) is 10.7. The van der Waals surface area contributed by atoms with Crippen LogP contribution in [0, 0.1) is 11.3 Å². The van der Waals surface area contributed by atoms with E-state index in [-0.39, 0.29) is 0 Å². The summed E-state index contributed by atoms with van der Waals surface area (Å²) >= 11 is 0. The summed E-state index contributed by atoms with van der Waals surface area (Å²) < 4.78 is 2.27. The highest BCUT2D eigenvalue weighted by molar-refractivity contribution is 5.78. The third-order valence-corrected chi connectivity index (χ3v) is 3.65. The Bertz CT molecular complexity index is 633. The van der Waals surface area contributed by atoms with Gasteiger partial charge in [-0.2, -0.15) is 5.26 Å². The fourth-order valence-electron chi connectivity index (χ4n) is 2.60. The number of aromatic nitrogens is 2. The Balaban J connectivity index is 2.07. The van der Waals surface area contributed by atoms with Gasteiger partial charge in [-0.25, -0.2) is 4.98 Å². The molecule has 0 aliphatic carbocycles. The summed E-state index contributed by atoms with van der Waals surface area (Å²) in [4.78, 5) is 6.87. The molecule has 0 saturated carbocycles. The summed E-state index contributed by atoms with van der Waals surface area (Å²) in [7, 11) is 0. The maximum absolute atomic E-state index is 8.91. The number of hydrogen-bond donors (Lipinski definition) is 0. The van der Waals surface area contributed by atoms with Crippen molar-refractivity contribution < 1.29 is 0 Å². The molecule has 0 saturated heterocycles.